The van der Waals surface area contributed by atoms with Crippen molar-refractivity contribution >= 4 is 0 Å². The van der Waals surface area contributed by atoms with Gasteiger partial charge in [-0.2, -0.15) is 0 Å². The lowest BCUT2D eigenvalue weighted by molar-refractivity contribution is 0.299. The predicted octanol–water partition coefficient (Wildman–Crippen LogP) is 2.99. The van der Waals surface area contributed by atoms with Gasteiger partial charge >= 0.3 is 0 Å². The normalized spacial score (nSPS) is 12.2. The van der Waals surface area contributed by atoms with Crippen LogP contribution in [0.15, 0.2) is 42.6 Å². The molecule has 1 aromatic carbocycles. The van der Waals surface area contributed by atoms with E-state index in [-0.39, 0.29) is 6.04 Å². The van der Waals surface area contributed by atoms with Crippen LogP contribution in [-0.2, 0) is 6.61 Å². The fourth-order valence-electron chi connectivity index (χ4n) is 1.75. The molecule has 94 valence electrons. The van der Waals surface area contributed by atoms with E-state index in [1.165, 1.54) is 0 Å². The first kappa shape index (κ1) is 12.6. The fourth-order valence-corrected chi connectivity index (χ4v) is 1.75. The molecule has 3 nitrogen and oxygen atoms in total. The van der Waals surface area contributed by atoms with E-state index in [2.05, 4.69) is 11.1 Å². The van der Waals surface area contributed by atoms with Crippen molar-refractivity contribution in [1.82, 2.24) is 4.98 Å². The zero-order valence-electron chi connectivity index (χ0n) is 10.8. The number of nitrogens with two attached hydrogens (primary N) is 1. The highest BCUT2D eigenvalue weighted by molar-refractivity contribution is 5.37. The summed E-state index contributed by atoms with van der Waals surface area (Å²) >= 11 is 0. The van der Waals surface area contributed by atoms with Gasteiger partial charge < -0.3 is 10.5 Å². The Labute approximate surface area is 108 Å². The maximum Gasteiger partial charge on any atom is 0.130 e. The summed E-state index contributed by atoms with van der Waals surface area (Å²) < 4.78 is 5.75. The Morgan fingerprint density at radius 1 is 1.28 bits per heavy atom. The fraction of sp³-hybridized carbons (Fsp3) is 0.267. The molecule has 3 heteroatoms. The molecule has 0 aliphatic rings. The van der Waals surface area contributed by atoms with Gasteiger partial charge in [-0.15, -0.1) is 0 Å². The third-order valence-corrected chi connectivity index (χ3v) is 2.83. The Bertz CT molecular complexity index is 509. The minimum Gasteiger partial charge on any atom is -0.487 e. The molecule has 0 unspecified atom stereocenters. The molecule has 0 aliphatic carbocycles. The molecule has 0 aliphatic heterocycles. The molecule has 1 heterocycles. The van der Waals surface area contributed by atoms with Gasteiger partial charge in [0, 0.05) is 12.2 Å². The minimum atomic E-state index is 0.0496. The average Bonchev–Trinajstić information content (AvgIpc) is 2.38. The summed E-state index contributed by atoms with van der Waals surface area (Å²) in [6, 6.07) is 11.9. The van der Waals surface area contributed by atoms with E-state index in [0.29, 0.717) is 6.61 Å². The topological polar surface area (TPSA) is 48.1 Å². The van der Waals surface area contributed by atoms with Crippen LogP contribution in [0.4, 0.5) is 0 Å². The molecule has 0 saturated carbocycles. The van der Waals surface area contributed by atoms with Crippen molar-refractivity contribution in [3.63, 3.8) is 0 Å². The number of pyridine rings is 1. The van der Waals surface area contributed by atoms with E-state index in [4.69, 9.17) is 10.5 Å². The monoisotopic (exact) mass is 242 g/mol. The van der Waals surface area contributed by atoms with Gasteiger partial charge in [0.25, 0.3) is 0 Å². The van der Waals surface area contributed by atoms with Crippen LogP contribution in [0.3, 0.4) is 0 Å². The minimum absolute atomic E-state index is 0.0496. The molecule has 2 aromatic rings. The van der Waals surface area contributed by atoms with Crippen LogP contribution in [0.1, 0.15) is 29.8 Å². The molecule has 0 saturated heterocycles. The number of hydrogen-bond donors (Lipinski definition) is 1. The first-order valence-electron chi connectivity index (χ1n) is 6.05. The van der Waals surface area contributed by atoms with Crippen LogP contribution < -0.4 is 10.5 Å². The second kappa shape index (κ2) is 5.65. The molecule has 0 spiro atoms. The predicted molar refractivity (Wildman–Crippen MR) is 72.4 cm³/mol. The Balaban J connectivity index is 2.06. The van der Waals surface area contributed by atoms with Crippen molar-refractivity contribution in [3.05, 3.63) is 59.4 Å². The van der Waals surface area contributed by atoms with Gasteiger partial charge in [-0.1, -0.05) is 18.2 Å². The maximum absolute atomic E-state index is 5.85. The molecule has 0 radical (unpaired) electrons. The van der Waals surface area contributed by atoms with Gasteiger partial charge in [0.1, 0.15) is 12.4 Å². The first-order chi connectivity index (χ1) is 8.66. The number of ether oxygens (including phenoxy) is 1. The van der Waals surface area contributed by atoms with Crippen LogP contribution in [0.25, 0.3) is 0 Å². The number of nitrogens with zero attached hydrogens (tertiary/aromatic N) is 1. The van der Waals surface area contributed by atoms with Gasteiger partial charge in [0.15, 0.2) is 0 Å². The Kier molecular flexibility index (Phi) is 3.95. The van der Waals surface area contributed by atoms with Crippen molar-refractivity contribution in [2.24, 2.45) is 5.73 Å². The van der Waals surface area contributed by atoms with E-state index in [1.807, 2.05) is 44.2 Å². The number of hydrogen-bond acceptors (Lipinski definition) is 3. The molecule has 0 amide bonds. The van der Waals surface area contributed by atoms with Gasteiger partial charge in [-0.25, -0.2) is 0 Å². The SMILES string of the molecule is Cc1cc([C@@H](C)N)ccc1OCc1ccccn1. The number of aryl methyl sites for hydroxylation is 1. The van der Waals surface area contributed by atoms with Gasteiger partial charge in [-0.05, 0) is 43.2 Å². The van der Waals surface area contributed by atoms with Crippen LogP contribution in [0.2, 0.25) is 0 Å². The zero-order valence-corrected chi connectivity index (χ0v) is 10.8. The van der Waals surface area contributed by atoms with E-state index >= 15 is 0 Å². The largest absolute Gasteiger partial charge is 0.487 e. The molecule has 0 bridgehead atoms. The van der Waals surface area contributed by atoms with Crippen molar-refractivity contribution in [1.29, 1.82) is 0 Å². The zero-order chi connectivity index (χ0) is 13.0. The Hall–Kier alpha value is -1.87. The molecule has 1 aromatic heterocycles. The number of aromatic nitrogens is 1. The molecule has 2 rings (SSSR count). The van der Waals surface area contributed by atoms with Crippen LogP contribution >= 0.6 is 0 Å². The van der Waals surface area contributed by atoms with Crippen LogP contribution in [0.5, 0.6) is 5.75 Å². The van der Waals surface area contributed by atoms with Crippen LogP contribution in [0, 0.1) is 6.92 Å². The summed E-state index contributed by atoms with van der Waals surface area (Å²) in [7, 11) is 0. The first-order valence-corrected chi connectivity index (χ1v) is 6.05. The lowest BCUT2D eigenvalue weighted by Gasteiger charge is -2.12. The molecule has 2 N–H and O–H groups in total. The summed E-state index contributed by atoms with van der Waals surface area (Å²) in [5, 5.41) is 0. The lowest BCUT2D eigenvalue weighted by atomic mass is 10.1. The lowest BCUT2D eigenvalue weighted by Crippen LogP contribution is -2.05. The standard InChI is InChI=1S/C15H18N2O/c1-11-9-13(12(2)16)6-7-15(11)18-10-14-5-3-4-8-17-14/h3-9,12H,10,16H2,1-2H3/t12-/m1/s1. The third kappa shape index (κ3) is 3.08. The van der Waals surface area contributed by atoms with E-state index in [1.54, 1.807) is 6.20 Å². The van der Waals surface area contributed by atoms with Crippen molar-refractivity contribution < 1.29 is 4.74 Å². The van der Waals surface area contributed by atoms with Gasteiger partial charge in [0.05, 0.1) is 5.69 Å². The number of benzene rings is 1. The Morgan fingerprint density at radius 3 is 2.72 bits per heavy atom. The Morgan fingerprint density at radius 2 is 2.11 bits per heavy atom. The van der Waals surface area contributed by atoms with Gasteiger partial charge in [-0.3, -0.25) is 4.98 Å². The highest BCUT2D eigenvalue weighted by Gasteiger charge is 2.04. The summed E-state index contributed by atoms with van der Waals surface area (Å²) in [5.74, 6) is 0.880. The van der Waals surface area contributed by atoms with Crippen molar-refractivity contribution in [2.45, 2.75) is 26.5 Å². The highest BCUT2D eigenvalue weighted by Crippen LogP contribution is 2.22. The maximum atomic E-state index is 5.85. The third-order valence-electron chi connectivity index (χ3n) is 2.83. The second-order valence-corrected chi connectivity index (χ2v) is 4.42. The van der Waals surface area contributed by atoms with E-state index < -0.39 is 0 Å². The van der Waals surface area contributed by atoms with E-state index in [0.717, 1.165) is 22.6 Å². The summed E-state index contributed by atoms with van der Waals surface area (Å²) in [6.07, 6.45) is 1.77. The molecule has 18 heavy (non-hydrogen) atoms. The summed E-state index contributed by atoms with van der Waals surface area (Å²) in [6.45, 7) is 4.49. The number of rotatable bonds is 4. The molecular weight excluding hydrogens is 224 g/mol. The van der Waals surface area contributed by atoms with Crippen molar-refractivity contribution in [3.8, 4) is 5.75 Å². The summed E-state index contributed by atoms with van der Waals surface area (Å²) in [5.41, 5.74) is 8.99. The molecular formula is C15H18N2O. The highest BCUT2D eigenvalue weighted by atomic mass is 16.5. The molecule has 0 fully saturated rings. The molecule has 1 atom stereocenters. The summed E-state index contributed by atoms with van der Waals surface area (Å²) in [4.78, 5) is 4.22. The van der Waals surface area contributed by atoms with Crippen molar-refractivity contribution in [2.75, 3.05) is 0 Å². The van der Waals surface area contributed by atoms with E-state index in [9.17, 15) is 0 Å². The van der Waals surface area contributed by atoms with Crippen LogP contribution in [-0.4, -0.2) is 4.98 Å². The van der Waals surface area contributed by atoms with Gasteiger partial charge in [0.2, 0.25) is 0 Å². The second-order valence-electron chi connectivity index (χ2n) is 4.42. The quantitative estimate of drug-likeness (QED) is 0.896. The average molecular weight is 242 g/mol. The smallest absolute Gasteiger partial charge is 0.130 e.